The summed E-state index contributed by atoms with van der Waals surface area (Å²) in [6.45, 7) is 2.08. The maximum absolute atomic E-state index is 11.3. The van der Waals surface area contributed by atoms with E-state index in [-0.39, 0.29) is 17.6 Å². The van der Waals surface area contributed by atoms with Crippen LogP contribution in [-0.4, -0.2) is 21.5 Å². The van der Waals surface area contributed by atoms with Crippen molar-refractivity contribution in [1.82, 2.24) is 4.57 Å². The molecule has 0 amide bonds. The Hall–Kier alpha value is -1.20. The van der Waals surface area contributed by atoms with Crippen LogP contribution in [0.5, 0.6) is 0 Å². The lowest BCUT2D eigenvalue weighted by Crippen LogP contribution is -2.08. The smallest absolute Gasteiger partial charge is 0.408 e. The summed E-state index contributed by atoms with van der Waals surface area (Å²) in [6.07, 6.45) is 0. The average molecular weight is 239 g/mol. The second kappa shape index (κ2) is 4.35. The molecule has 1 atom stereocenters. The zero-order valence-corrected chi connectivity index (χ0v) is 9.95. The van der Waals surface area contributed by atoms with Crippen LogP contribution in [0.25, 0.3) is 11.1 Å². The predicted molar refractivity (Wildman–Crippen MR) is 63.9 cm³/mol. The Morgan fingerprint density at radius 1 is 1.56 bits per heavy atom. The molecule has 0 radical (unpaired) electrons. The molecule has 86 valence electrons. The molecule has 0 bridgehead atoms. The normalized spacial score (nSPS) is 13.2. The summed E-state index contributed by atoms with van der Waals surface area (Å²) in [5.41, 5.74) is 1.37. The molecule has 1 aromatic carbocycles. The van der Waals surface area contributed by atoms with Gasteiger partial charge in [-0.1, -0.05) is 6.92 Å². The molecule has 2 aromatic rings. The lowest BCUT2D eigenvalue weighted by atomic mass is 10.3. The van der Waals surface area contributed by atoms with E-state index in [9.17, 15) is 4.79 Å². The monoisotopic (exact) mass is 239 g/mol. The van der Waals surface area contributed by atoms with Crippen LogP contribution in [0.15, 0.2) is 32.3 Å². The van der Waals surface area contributed by atoms with E-state index >= 15 is 0 Å². The summed E-state index contributed by atoms with van der Waals surface area (Å²) in [7, 11) is 1.68. The Bertz CT molecular complexity index is 558. The van der Waals surface area contributed by atoms with Crippen molar-refractivity contribution in [2.75, 3.05) is 6.61 Å². The number of aryl methyl sites for hydroxylation is 1. The van der Waals surface area contributed by atoms with E-state index in [0.29, 0.717) is 5.58 Å². The van der Waals surface area contributed by atoms with E-state index in [0.717, 1.165) is 10.4 Å². The zero-order chi connectivity index (χ0) is 11.7. The first-order valence-corrected chi connectivity index (χ1v) is 5.87. The van der Waals surface area contributed by atoms with E-state index in [2.05, 4.69) is 0 Å². The molecular formula is C11H13NO3S. The highest BCUT2D eigenvalue weighted by atomic mass is 32.2. The molecule has 0 saturated carbocycles. The highest BCUT2D eigenvalue weighted by Crippen LogP contribution is 2.26. The van der Waals surface area contributed by atoms with Crippen LogP contribution < -0.4 is 5.76 Å². The largest absolute Gasteiger partial charge is 0.419 e. The number of rotatable bonds is 3. The van der Waals surface area contributed by atoms with Crippen molar-refractivity contribution < 1.29 is 9.52 Å². The fourth-order valence-electron chi connectivity index (χ4n) is 1.45. The standard InChI is InChI=1S/C11H13NO3S/c1-7(6-13)16-8-3-4-10-9(5-8)12(2)11(14)15-10/h3-5,7,13H,6H2,1-2H3. The Balaban J connectivity index is 2.43. The minimum atomic E-state index is -0.354. The van der Waals surface area contributed by atoms with Gasteiger partial charge in [0.05, 0.1) is 12.1 Å². The van der Waals surface area contributed by atoms with E-state index in [1.165, 1.54) is 4.57 Å². The van der Waals surface area contributed by atoms with Gasteiger partial charge in [-0.3, -0.25) is 4.57 Å². The number of hydrogen-bond acceptors (Lipinski definition) is 4. The van der Waals surface area contributed by atoms with Gasteiger partial charge in [0.2, 0.25) is 0 Å². The number of aliphatic hydroxyl groups is 1. The number of oxazole rings is 1. The summed E-state index contributed by atoms with van der Waals surface area (Å²) in [5, 5.41) is 9.11. The Morgan fingerprint density at radius 3 is 3.00 bits per heavy atom. The van der Waals surface area contributed by atoms with E-state index < -0.39 is 0 Å². The predicted octanol–water partition coefficient (Wildman–Crippen LogP) is 1.60. The second-order valence-electron chi connectivity index (χ2n) is 3.67. The van der Waals surface area contributed by atoms with E-state index in [1.54, 1.807) is 24.9 Å². The summed E-state index contributed by atoms with van der Waals surface area (Å²) in [6, 6.07) is 5.57. The molecule has 2 rings (SSSR count). The highest BCUT2D eigenvalue weighted by molar-refractivity contribution is 8.00. The first kappa shape index (κ1) is 11.3. The van der Waals surface area contributed by atoms with Crippen LogP contribution in [0, 0.1) is 0 Å². The maximum atomic E-state index is 11.3. The first-order chi connectivity index (χ1) is 7.61. The third-order valence-corrected chi connectivity index (χ3v) is 3.43. The molecule has 5 heteroatoms. The lowest BCUT2D eigenvalue weighted by molar-refractivity contribution is 0.300. The summed E-state index contributed by atoms with van der Waals surface area (Å²) >= 11 is 1.57. The van der Waals surface area contributed by atoms with Crippen molar-refractivity contribution in [2.45, 2.75) is 17.1 Å². The van der Waals surface area contributed by atoms with Crippen LogP contribution in [0.1, 0.15) is 6.92 Å². The van der Waals surface area contributed by atoms with Gasteiger partial charge in [-0.15, -0.1) is 11.8 Å². The van der Waals surface area contributed by atoms with Crippen LogP contribution in [0.3, 0.4) is 0 Å². The third kappa shape index (κ3) is 2.01. The second-order valence-corrected chi connectivity index (χ2v) is 5.18. The molecule has 0 aliphatic heterocycles. The molecule has 0 saturated heterocycles. The summed E-state index contributed by atoms with van der Waals surface area (Å²) < 4.78 is 6.51. The number of aromatic nitrogens is 1. The quantitative estimate of drug-likeness (QED) is 0.827. The van der Waals surface area contributed by atoms with Crippen LogP contribution in [-0.2, 0) is 7.05 Å². The first-order valence-electron chi connectivity index (χ1n) is 4.99. The van der Waals surface area contributed by atoms with Gasteiger partial charge in [0.25, 0.3) is 0 Å². The van der Waals surface area contributed by atoms with Crippen molar-refractivity contribution in [1.29, 1.82) is 0 Å². The fraction of sp³-hybridized carbons (Fsp3) is 0.364. The van der Waals surface area contributed by atoms with Gasteiger partial charge in [-0.05, 0) is 18.2 Å². The minimum absolute atomic E-state index is 0.132. The molecule has 4 nitrogen and oxygen atoms in total. The topological polar surface area (TPSA) is 55.4 Å². The van der Waals surface area contributed by atoms with Gasteiger partial charge >= 0.3 is 5.76 Å². The number of benzene rings is 1. The fourth-order valence-corrected chi connectivity index (χ4v) is 2.31. The van der Waals surface area contributed by atoms with Crippen molar-refractivity contribution in [3.8, 4) is 0 Å². The maximum Gasteiger partial charge on any atom is 0.419 e. The van der Waals surface area contributed by atoms with Gasteiger partial charge in [0.15, 0.2) is 5.58 Å². The Morgan fingerprint density at radius 2 is 2.31 bits per heavy atom. The molecule has 1 heterocycles. The molecule has 0 aliphatic rings. The number of aliphatic hydroxyl groups excluding tert-OH is 1. The van der Waals surface area contributed by atoms with Crippen molar-refractivity contribution in [3.05, 3.63) is 28.7 Å². The lowest BCUT2D eigenvalue weighted by Gasteiger charge is -2.06. The van der Waals surface area contributed by atoms with E-state index in [4.69, 9.17) is 9.52 Å². The van der Waals surface area contributed by atoms with Crippen LogP contribution in [0.2, 0.25) is 0 Å². The molecule has 1 unspecified atom stereocenters. The zero-order valence-electron chi connectivity index (χ0n) is 9.14. The molecule has 0 fully saturated rings. The number of hydrogen-bond donors (Lipinski definition) is 1. The molecule has 0 aliphatic carbocycles. The number of nitrogens with zero attached hydrogens (tertiary/aromatic N) is 1. The number of fused-ring (bicyclic) bond motifs is 1. The van der Waals surface area contributed by atoms with Gasteiger partial charge in [0, 0.05) is 17.2 Å². The molecular weight excluding hydrogens is 226 g/mol. The van der Waals surface area contributed by atoms with Crippen LogP contribution in [0.4, 0.5) is 0 Å². The van der Waals surface area contributed by atoms with Gasteiger partial charge < -0.3 is 9.52 Å². The average Bonchev–Trinajstić information content (AvgIpc) is 2.55. The van der Waals surface area contributed by atoms with Crippen molar-refractivity contribution >= 4 is 22.9 Å². The molecule has 16 heavy (non-hydrogen) atoms. The van der Waals surface area contributed by atoms with Gasteiger partial charge in [-0.25, -0.2) is 4.79 Å². The molecule has 0 spiro atoms. The summed E-state index contributed by atoms with van der Waals surface area (Å²) in [4.78, 5) is 12.3. The Labute approximate surface area is 96.9 Å². The van der Waals surface area contributed by atoms with Gasteiger partial charge in [-0.2, -0.15) is 0 Å². The minimum Gasteiger partial charge on any atom is -0.408 e. The third-order valence-electron chi connectivity index (χ3n) is 2.36. The SMILES string of the molecule is CC(CO)Sc1ccc2oc(=O)n(C)c2c1. The Kier molecular flexibility index (Phi) is 3.07. The summed E-state index contributed by atoms with van der Waals surface area (Å²) in [5.74, 6) is -0.354. The van der Waals surface area contributed by atoms with Gasteiger partial charge in [0.1, 0.15) is 0 Å². The highest BCUT2D eigenvalue weighted by Gasteiger charge is 2.08. The van der Waals surface area contributed by atoms with Crippen LogP contribution >= 0.6 is 11.8 Å². The molecule has 1 N–H and O–H groups in total. The van der Waals surface area contributed by atoms with Crippen molar-refractivity contribution in [3.63, 3.8) is 0 Å². The number of thioether (sulfide) groups is 1. The molecule has 1 aromatic heterocycles. The van der Waals surface area contributed by atoms with E-state index in [1.807, 2.05) is 19.1 Å². The van der Waals surface area contributed by atoms with Crippen molar-refractivity contribution in [2.24, 2.45) is 7.05 Å².